The van der Waals surface area contributed by atoms with Gasteiger partial charge in [0.25, 0.3) is 0 Å². The fourth-order valence-corrected chi connectivity index (χ4v) is 3.12. The van der Waals surface area contributed by atoms with Gasteiger partial charge in [0, 0.05) is 24.7 Å². The van der Waals surface area contributed by atoms with Gasteiger partial charge in [-0.15, -0.1) is 0 Å². The number of nitrogens with zero attached hydrogens (tertiary/aromatic N) is 4. The Morgan fingerprint density at radius 3 is 2.79 bits per heavy atom. The molecule has 1 fully saturated rings. The summed E-state index contributed by atoms with van der Waals surface area (Å²) in [5.74, 6) is 2.34. The Morgan fingerprint density at radius 2 is 2.18 bits per heavy atom. The monoisotopic (exact) mass is 380 g/mol. The van der Waals surface area contributed by atoms with Crippen molar-refractivity contribution in [3.05, 3.63) is 35.0 Å². The highest BCUT2D eigenvalue weighted by molar-refractivity contribution is 5.75. The van der Waals surface area contributed by atoms with E-state index in [2.05, 4.69) is 52.5 Å². The Balaban J connectivity index is 2.19. The number of pyridine rings is 1. The van der Waals surface area contributed by atoms with Crippen LogP contribution in [0.4, 0.5) is 17.5 Å². The summed E-state index contributed by atoms with van der Waals surface area (Å²) in [7, 11) is 0. The summed E-state index contributed by atoms with van der Waals surface area (Å²) in [5.41, 5.74) is 2.47. The lowest BCUT2D eigenvalue weighted by Crippen LogP contribution is -2.37. The van der Waals surface area contributed by atoms with Crippen molar-refractivity contribution in [2.24, 2.45) is 0 Å². The number of hydrogen-bond donors (Lipinski definition) is 2. The van der Waals surface area contributed by atoms with Gasteiger partial charge in [0.2, 0.25) is 0 Å². The van der Waals surface area contributed by atoms with Gasteiger partial charge < -0.3 is 15.0 Å². The number of aromatic nitrogens is 3. The predicted molar refractivity (Wildman–Crippen MR) is 112 cm³/mol. The van der Waals surface area contributed by atoms with E-state index in [-0.39, 0.29) is 0 Å². The topological polar surface area (TPSA) is 89.9 Å². The molecular formula is C21H28N6O. The molecule has 2 N–H and O–H groups in total. The standard InChI is InChI=1S/C21H28N6O/c1-5-15(2)12-16-17(21(3,4)14-22)13-19(27-8-10-28-11-9-27)25-20(16)24-18-6-7-23-26-18/h6-7,12-13H,5,8-11H2,1-4H3,(H2,23,24,25,26). The molecule has 1 aliphatic heterocycles. The van der Waals surface area contributed by atoms with Gasteiger partial charge in [-0.05, 0) is 38.8 Å². The van der Waals surface area contributed by atoms with E-state index in [1.807, 2.05) is 19.9 Å². The number of nitrogens with one attached hydrogen (secondary N) is 2. The van der Waals surface area contributed by atoms with Crippen LogP contribution >= 0.6 is 0 Å². The van der Waals surface area contributed by atoms with E-state index in [0.717, 1.165) is 48.1 Å². The quantitative estimate of drug-likeness (QED) is 0.787. The SMILES string of the molecule is CCC(C)=Cc1c(C(C)(C)C#N)cc(N2CCOCC2)nc1Nc1ccn[nH]1. The molecule has 0 saturated carbocycles. The maximum absolute atomic E-state index is 9.85. The summed E-state index contributed by atoms with van der Waals surface area (Å²) in [4.78, 5) is 7.13. The zero-order valence-electron chi connectivity index (χ0n) is 17.0. The number of morpholine rings is 1. The van der Waals surface area contributed by atoms with Crippen molar-refractivity contribution in [1.29, 1.82) is 5.26 Å². The van der Waals surface area contributed by atoms with Crippen LogP contribution < -0.4 is 10.2 Å². The first-order chi connectivity index (χ1) is 13.4. The average Bonchev–Trinajstić information content (AvgIpc) is 3.22. The van der Waals surface area contributed by atoms with Gasteiger partial charge >= 0.3 is 0 Å². The fourth-order valence-electron chi connectivity index (χ4n) is 3.12. The van der Waals surface area contributed by atoms with Crippen molar-refractivity contribution in [1.82, 2.24) is 15.2 Å². The normalized spacial score (nSPS) is 15.4. The Bertz CT molecular complexity index is 873. The number of anilines is 3. The fraction of sp³-hybridized carbons (Fsp3) is 0.476. The van der Waals surface area contributed by atoms with E-state index < -0.39 is 5.41 Å². The van der Waals surface area contributed by atoms with Gasteiger partial charge in [0.15, 0.2) is 0 Å². The molecule has 0 spiro atoms. The van der Waals surface area contributed by atoms with Crippen LogP contribution in [0.3, 0.4) is 0 Å². The average molecular weight is 380 g/mol. The van der Waals surface area contributed by atoms with Crippen LogP contribution in [-0.4, -0.2) is 41.5 Å². The smallest absolute Gasteiger partial charge is 0.141 e. The van der Waals surface area contributed by atoms with Crippen LogP contribution in [0.1, 0.15) is 45.2 Å². The first-order valence-corrected chi connectivity index (χ1v) is 9.67. The van der Waals surface area contributed by atoms with E-state index in [4.69, 9.17) is 9.72 Å². The van der Waals surface area contributed by atoms with E-state index in [0.29, 0.717) is 13.2 Å². The third kappa shape index (κ3) is 4.34. The number of ether oxygens (including phenoxy) is 1. The molecule has 0 radical (unpaired) electrons. The Morgan fingerprint density at radius 1 is 1.43 bits per heavy atom. The summed E-state index contributed by atoms with van der Waals surface area (Å²) in [5, 5.41) is 20.2. The molecule has 0 aromatic carbocycles. The van der Waals surface area contributed by atoms with Gasteiger partial charge in [-0.3, -0.25) is 5.10 Å². The maximum Gasteiger partial charge on any atom is 0.141 e. The molecule has 1 saturated heterocycles. The van der Waals surface area contributed by atoms with Crippen LogP contribution in [0.25, 0.3) is 6.08 Å². The molecule has 7 heteroatoms. The lowest BCUT2D eigenvalue weighted by atomic mass is 9.83. The van der Waals surface area contributed by atoms with E-state index in [1.54, 1.807) is 6.20 Å². The van der Waals surface area contributed by atoms with Gasteiger partial charge in [0.05, 0.1) is 30.9 Å². The number of hydrogen-bond acceptors (Lipinski definition) is 6. The molecule has 0 unspecified atom stereocenters. The summed E-state index contributed by atoms with van der Waals surface area (Å²) >= 11 is 0. The molecule has 2 aromatic rings. The largest absolute Gasteiger partial charge is 0.378 e. The molecule has 0 bridgehead atoms. The number of H-pyrrole nitrogens is 1. The highest BCUT2D eigenvalue weighted by atomic mass is 16.5. The molecule has 3 heterocycles. The van der Waals surface area contributed by atoms with Gasteiger partial charge in [-0.25, -0.2) is 4.98 Å². The Labute approximate surface area is 166 Å². The minimum Gasteiger partial charge on any atom is -0.378 e. The van der Waals surface area contributed by atoms with Crippen molar-refractivity contribution in [3.8, 4) is 6.07 Å². The lowest BCUT2D eigenvalue weighted by Gasteiger charge is -2.30. The zero-order valence-corrected chi connectivity index (χ0v) is 17.0. The molecule has 0 aliphatic carbocycles. The number of nitriles is 1. The van der Waals surface area contributed by atoms with Crippen LogP contribution in [0.15, 0.2) is 23.9 Å². The molecule has 1 aliphatic rings. The number of rotatable bonds is 6. The third-order valence-electron chi connectivity index (χ3n) is 5.04. The molecule has 0 atom stereocenters. The van der Waals surface area contributed by atoms with Crippen molar-refractivity contribution in [2.45, 2.75) is 39.5 Å². The minimum absolute atomic E-state index is 0.658. The van der Waals surface area contributed by atoms with Crippen LogP contribution in [0.2, 0.25) is 0 Å². The maximum atomic E-state index is 9.85. The summed E-state index contributed by atoms with van der Waals surface area (Å²) in [6.45, 7) is 11.0. The molecule has 148 valence electrons. The number of aromatic amines is 1. The Hall–Kier alpha value is -2.85. The minimum atomic E-state index is -0.658. The second-order valence-corrected chi connectivity index (χ2v) is 7.57. The van der Waals surface area contributed by atoms with Crippen LogP contribution in [0.5, 0.6) is 0 Å². The van der Waals surface area contributed by atoms with Crippen molar-refractivity contribution >= 4 is 23.5 Å². The molecule has 0 amide bonds. The number of allylic oxidation sites excluding steroid dienone is 1. The predicted octanol–water partition coefficient (Wildman–Crippen LogP) is 4.00. The summed E-state index contributed by atoms with van der Waals surface area (Å²) in [6.07, 6.45) is 4.76. The van der Waals surface area contributed by atoms with E-state index in [1.165, 1.54) is 5.57 Å². The van der Waals surface area contributed by atoms with Crippen LogP contribution in [-0.2, 0) is 10.2 Å². The first-order valence-electron chi connectivity index (χ1n) is 9.67. The van der Waals surface area contributed by atoms with Gasteiger partial charge in [-0.2, -0.15) is 10.4 Å². The van der Waals surface area contributed by atoms with E-state index >= 15 is 0 Å². The second kappa shape index (κ2) is 8.44. The molecule has 3 rings (SSSR count). The van der Waals surface area contributed by atoms with Crippen LogP contribution in [0, 0.1) is 11.3 Å². The second-order valence-electron chi connectivity index (χ2n) is 7.57. The van der Waals surface area contributed by atoms with Crippen molar-refractivity contribution in [2.75, 3.05) is 36.5 Å². The highest BCUT2D eigenvalue weighted by Gasteiger charge is 2.27. The third-order valence-corrected chi connectivity index (χ3v) is 5.04. The molecule has 2 aromatic heterocycles. The van der Waals surface area contributed by atoms with Crippen molar-refractivity contribution in [3.63, 3.8) is 0 Å². The summed E-state index contributed by atoms with van der Waals surface area (Å²) in [6, 6.07) is 6.37. The van der Waals surface area contributed by atoms with E-state index in [9.17, 15) is 5.26 Å². The molecule has 28 heavy (non-hydrogen) atoms. The Kier molecular flexibility index (Phi) is 6.00. The van der Waals surface area contributed by atoms with Crippen molar-refractivity contribution < 1.29 is 4.74 Å². The summed E-state index contributed by atoms with van der Waals surface area (Å²) < 4.78 is 5.49. The highest BCUT2D eigenvalue weighted by Crippen LogP contribution is 2.36. The first kappa shape index (κ1) is 19.9. The lowest BCUT2D eigenvalue weighted by molar-refractivity contribution is 0.122. The molecular weight excluding hydrogens is 352 g/mol. The van der Waals surface area contributed by atoms with Gasteiger partial charge in [0.1, 0.15) is 17.5 Å². The zero-order chi connectivity index (χ0) is 20.1. The van der Waals surface area contributed by atoms with Gasteiger partial charge in [-0.1, -0.05) is 18.6 Å². The molecule has 7 nitrogen and oxygen atoms in total.